The van der Waals surface area contributed by atoms with Crippen LogP contribution in [0.2, 0.25) is 0 Å². The minimum Gasteiger partial charge on any atom is -0.445 e. The summed E-state index contributed by atoms with van der Waals surface area (Å²) in [5, 5.41) is 9.84. The van der Waals surface area contributed by atoms with Crippen LogP contribution in [0.5, 0.6) is 0 Å². The predicted octanol–water partition coefficient (Wildman–Crippen LogP) is 2.48. The highest BCUT2D eigenvalue weighted by Gasteiger charge is 2.50. The number of amides is 2. The lowest BCUT2D eigenvalue weighted by Gasteiger charge is -2.28. The van der Waals surface area contributed by atoms with Crippen molar-refractivity contribution < 1.29 is 24.2 Å². The molecule has 27 heavy (non-hydrogen) atoms. The molecule has 2 fully saturated rings. The molecule has 3 unspecified atom stereocenters. The molecule has 1 aromatic rings. The normalized spacial score (nSPS) is 24.7. The van der Waals surface area contributed by atoms with E-state index < -0.39 is 11.7 Å². The third kappa shape index (κ3) is 4.53. The number of benzene rings is 1. The quantitative estimate of drug-likeness (QED) is 0.877. The van der Waals surface area contributed by atoms with Crippen LogP contribution in [0, 0.1) is 11.8 Å². The van der Waals surface area contributed by atoms with Crippen molar-refractivity contribution in [1.82, 2.24) is 9.80 Å². The Bertz CT molecular complexity index is 673. The molecular formula is C20H28N2O5. The van der Waals surface area contributed by atoms with Gasteiger partial charge < -0.3 is 24.4 Å². The second-order valence-electron chi connectivity index (χ2n) is 8.25. The van der Waals surface area contributed by atoms with Gasteiger partial charge in [-0.15, -0.1) is 0 Å². The molecule has 1 N–H and O–H groups in total. The van der Waals surface area contributed by atoms with E-state index in [9.17, 15) is 14.7 Å². The van der Waals surface area contributed by atoms with E-state index in [1.165, 1.54) is 0 Å². The van der Waals surface area contributed by atoms with E-state index in [-0.39, 0.29) is 37.2 Å². The summed E-state index contributed by atoms with van der Waals surface area (Å²) in [6.45, 7) is 7.04. The third-order valence-corrected chi connectivity index (χ3v) is 5.10. The molecule has 2 amide bonds. The van der Waals surface area contributed by atoms with Crippen molar-refractivity contribution in [2.24, 2.45) is 11.8 Å². The number of aliphatic hydroxyl groups is 1. The van der Waals surface area contributed by atoms with Crippen LogP contribution in [0.3, 0.4) is 0 Å². The summed E-state index contributed by atoms with van der Waals surface area (Å²) >= 11 is 0. The molecule has 0 aromatic heterocycles. The highest BCUT2D eigenvalue weighted by atomic mass is 16.6. The van der Waals surface area contributed by atoms with Crippen molar-refractivity contribution in [2.45, 2.75) is 39.0 Å². The molecule has 2 heterocycles. The predicted molar refractivity (Wildman–Crippen MR) is 99.0 cm³/mol. The van der Waals surface area contributed by atoms with Crippen molar-refractivity contribution in [3.63, 3.8) is 0 Å². The van der Waals surface area contributed by atoms with Crippen LogP contribution in [0.1, 0.15) is 26.3 Å². The van der Waals surface area contributed by atoms with Crippen LogP contribution in [0.25, 0.3) is 0 Å². The van der Waals surface area contributed by atoms with E-state index >= 15 is 0 Å². The van der Waals surface area contributed by atoms with Gasteiger partial charge in [0.25, 0.3) is 0 Å². The van der Waals surface area contributed by atoms with Gasteiger partial charge in [-0.2, -0.15) is 0 Å². The SMILES string of the molecule is CC(C)(C)OC(=O)N1CC2CN(C(=O)OCc3ccccc3)C(CO)C2C1. The number of carbonyl (C=O) groups is 2. The standard InChI is InChI=1S/C20H28N2O5/c1-20(2,3)27-18(24)21-9-15-10-22(17(12-23)16(15)11-21)19(25)26-13-14-7-5-4-6-8-14/h4-8,15-17,23H,9-13H2,1-3H3. The minimum atomic E-state index is -0.543. The van der Waals surface area contributed by atoms with Gasteiger partial charge in [0.1, 0.15) is 12.2 Å². The van der Waals surface area contributed by atoms with Gasteiger partial charge in [0, 0.05) is 31.5 Å². The Morgan fingerprint density at radius 3 is 2.44 bits per heavy atom. The van der Waals surface area contributed by atoms with Gasteiger partial charge in [-0.05, 0) is 26.3 Å². The number of nitrogens with zero attached hydrogens (tertiary/aromatic N) is 2. The first-order valence-corrected chi connectivity index (χ1v) is 9.34. The molecule has 2 aliphatic rings. The monoisotopic (exact) mass is 376 g/mol. The van der Waals surface area contributed by atoms with Crippen molar-refractivity contribution >= 4 is 12.2 Å². The molecule has 7 heteroatoms. The molecule has 0 radical (unpaired) electrons. The molecule has 0 saturated carbocycles. The minimum absolute atomic E-state index is 0.0341. The molecule has 1 aromatic carbocycles. The number of fused-ring (bicyclic) bond motifs is 1. The number of rotatable bonds is 3. The van der Waals surface area contributed by atoms with Gasteiger partial charge in [-0.1, -0.05) is 30.3 Å². The maximum Gasteiger partial charge on any atom is 0.410 e. The van der Waals surface area contributed by atoms with E-state index in [4.69, 9.17) is 9.47 Å². The molecule has 0 spiro atoms. The molecule has 0 bridgehead atoms. The smallest absolute Gasteiger partial charge is 0.410 e. The highest BCUT2D eigenvalue weighted by Crippen LogP contribution is 2.37. The Morgan fingerprint density at radius 1 is 1.11 bits per heavy atom. The molecule has 3 rings (SSSR count). The fourth-order valence-corrected chi connectivity index (χ4v) is 3.87. The molecular weight excluding hydrogens is 348 g/mol. The molecule has 2 aliphatic heterocycles. The average molecular weight is 376 g/mol. The van der Waals surface area contributed by atoms with Crippen LogP contribution >= 0.6 is 0 Å². The Kier molecular flexibility index (Phi) is 5.60. The lowest BCUT2D eigenvalue weighted by molar-refractivity contribution is 0.0252. The molecule has 2 saturated heterocycles. The van der Waals surface area contributed by atoms with E-state index in [1.807, 2.05) is 51.1 Å². The summed E-state index contributed by atoms with van der Waals surface area (Å²) in [4.78, 5) is 28.1. The Balaban J connectivity index is 1.57. The number of hydrogen-bond donors (Lipinski definition) is 1. The molecule has 3 atom stereocenters. The van der Waals surface area contributed by atoms with Crippen LogP contribution in [0.4, 0.5) is 9.59 Å². The van der Waals surface area contributed by atoms with E-state index in [1.54, 1.807) is 9.80 Å². The average Bonchev–Trinajstić information content (AvgIpc) is 3.16. The molecule has 7 nitrogen and oxygen atoms in total. The molecule has 0 aliphatic carbocycles. The van der Waals surface area contributed by atoms with Gasteiger partial charge >= 0.3 is 12.2 Å². The summed E-state index contributed by atoms with van der Waals surface area (Å²) in [6.07, 6.45) is -0.761. The van der Waals surface area contributed by atoms with E-state index in [2.05, 4.69) is 0 Å². The highest BCUT2D eigenvalue weighted by molar-refractivity contribution is 5.70. The summed E-state index contributed by atoms with van der Waals surface area (Å²) in [7, 11) is 0. The third-order valence-electron chi connectivity index (χ3n) is 5.10. The fourth-order valence-electron chi connectivity index (χ4n) is 3.87. The first-order chi connectivity index (χ1) is 12.8. The van der Waals surface area contributed by atoms with Crippen molar-refractivity contribution in [1.29, 1.82) is 0 Å². The zero-order valence-corrected chi connectivity index (χ0v) is 16.1. The van der Waals surface area contributed by atoms with E-state index in [0.29, 0.717) is 19.6 Å². The first-order valence-electron chi connectivity index (χ1n) is 9.34. The van der Waals surface area contributed by atoms with Crippen LogP contribution in [-0.4, -0.2) is 65.0 Å². The summed E-state index contributed by atoms with van der Waals surface area (Å²) in [5.74, 6) is 0.158. The topological polar surface area (TPSA) is 79.3 Å². The second kappa shape index (κ2) is 7.76. The van der Waals surface area contributed by atoms with Crippen molar-refractivity contribution in [2.75, 3.05) is 26.2 Å². The Hall–Kier alpha value is -2.28. The zero-order chi connectivity index (χ0) is 19.6. The second-order valence-corrected chi connectivity index (χ2v) is 8.25. The maximum atomic E-state index is 12.5. The summed E-state index contributed by atoms with van der Waals surface area (Å²) in [6, 6.07) is 9.15. The molecule has 148 valence electrons. The van der Waals surface area contributed by atoms with Crippen LogP contribution in [-0.2, 0) is 16.1 Å². The van der Waals surface area contributed by atoms with Crippen molar-refractivity contribution in [3.8, 4) is 0 Å². The number of likely N-dealkylation sites (tertiary alicyclic amines) is 2. The van der Waals surface area contributed by atoms with Gasteiger partial charge in [0.05, 0.1) is 12.6 Å². The van der Waals surface area contributed by atoms with Gasteiger partial charge in [-0.3, -0.25) is 0 Å². The summed E-state index contributed by atoms with van der Waals surface area (Å²) < 4.78 is 10.9. The van der Waals surface area contributed by atoms with E-state index in [0.717, 1.165) is 5.56 Å². The lowest BCUT2D eigenvalue weighted by Crippen LogP contribution is -2.44. The maximum absolute atomic E-state index is 12.5. The van der Waals surface area contributed by atoms with Crippen molar-refractivity contribution in [3.05, 3.63) is 35.9 Å². The number of carbonyl (C=O) groups excluding carboxylic acids is 2. The zero-order valence-electron chi connectivity index (χ0n) is 16.1. The van der Waals surface area contributed by atoms with Gasteiger partial charge in [-0.25, -0.2) is 9.59 Å². The summed E-state index contributed by atoms with van der Waals surface area (Å²) in [5.41, 5.74) is 0.375. The van der Waals surface area contributed by atoms with Gasteiger partial charge in [0.2, 0.25) is 0 Å². The number of hydrogen-bond acceptors (Lipinski definition) is 5. The largest absolute Gasteiger partial charge is 0.445 e. The fraction of sp³-hybridized carbons (Fsp3) is 0.600. The van der Waals surface area contributed by atoms with Crippen LogP contribution in [0.15, 0.2) is 30.3 Å². The Morgan fingerprint density at radius 2 is 1.81 bits per heavy atom. The number of aliphatic hydroxyl groups excluding tert-OH is 1. The Labute approximate surface area is 159 Å². The number of ether oxygens (including phenoxy) is 2. The van der Waals surface area contributed by atoms with Gasteiger partial charge in [0.15, 0.2) is 0 Å². The lowest BCUT2D eigenvalue weighted by atomic mass is 9.95. The van der Waals surface area contributed by atoms with Crippen LogP contribution < -0.4 is 0 Å². The first kappa shape index (κ1) is 19.5.